The van der Waals surface area contributed by atoms with Gasteiger partial charge in [-0.15, -0.1) is 0 Å². The van der Waals surface area contributed by atoms with Crippen LogP contribution < -0.4 is 10.6 Å². The number of nitrogens with zero attached hydrogens (tertiary/aromatic N) is 1. The van der Waals surface area contributed by atoms with Gasteiger partial charge in [-0.25, -0.2) is 0 Å². The molecule has 1 amide bonds. The highest BCUT2D eigenvalue weighted by Crippen LogP contribution is 2.16. The van der Waals surface area contributed by atoms with Crippen molar-refractivity contribution in [2.45, 2.75) is 51.8 Å². The molecule has 0 aliphatic carbocycles. The maximum Gasteiger partial charge on any atom is 0.243 e. The summed E-state index contributed by atoms with van der Waals surface area (Å²) in [4.78, 5) is 12.0. The highest BCUT2D eigenvalue weighted by atomic mass is 16.5. The molecule has 0 spiro atoms. The molecule has 6 heteroatoms. The Labute approximate surface area is 112 Å². The number of hydrogen-bond acceptors (Lipinski definition) is 5. The number of rotatable bonds is 5. The van der Waals surface area contributed by atoms with E-state index in [1.54, 1.807) is 13.0 Å². The van der Waals surface area contributed by atoms with Crippen molar-refractivity contribution >= 4 is 11.8 Å². The van der Waals surface area contributed by atoms with E-state index in [1.807, 2.05) is 13.8 Å². The molecule has 0 bridgehead atoms. The van der Waals surface area contributed by atoms with E-state index in [9.17, 15) is 4.79 Å². The first kappa shape index (κ1) is 14.0. The molecule has 0 aromatic carbocycles. The Morgan fingerprint density at radius 2 is 2.32 bits per heavy atom. The number of amides is 1. The van der Waals surface area contributed by atoms with Gasteiger partial charge in [0.05, 0.1) is 17.8 Å². The molecule has 1 aliphatic rings. The van der Waals surface area contributed by atoms with Gasteiger partial charge < -0.3 is 14.6 Å². The summed E-state index contributed by atoms with van der Waals surface area (Å²) in [6.07, 6.45) is 2.33. The molecule has 1 aromatic rings. The largest absolute Gasteiger partial charge is 0.377 e. The van der Waals surface area contributed by atoms with E-state index < -0.39 is 0 Å². The molecule has 1 aromatic heterocycles. The Morgan fingerprint density at radius 1 is 1.53 bits per heavy atom. The molecule has 2 N–H and O–H groups in total. The van der Waals surface area contributed by atoms with Crippen LogP contribution in [0.2, 0.25) is 0 Å². The first-order valence-corrected chi connectivity index (χ1v) is 6.68. The Bertz CT molecular complexity index is 427. The second-order valence-electron chi connectivity index (χ2n) is 5.05. The maximum atomic E-state index is 12.0. The summed E-state index contributed by atoms with van der Waals surface area (Å²) in [7, 11) is 0. The lowest BCUT2D eigenvalue weighted by Gasteiger charge is -2.23. The molecule has 1 fully saturated rings. The minimum Gasteiger partial charge on any atom is -0.377 e. The number of carbonyl (C=O) groups is 1. The molecule has 19 heavy (non-hydrogen) atoms. The van der Waals surface area contributed by atoms with E-state index in [0.717, 1.165) is 25.1 Å². The molecule has 1 aliphatic heterocycles. The third-order valence-corrected chi connectivity index (χ3v) is 3.30. The highest BCUT2D eigenvalue weighted by molar-refractivity contribution is 5.93. The average molecular weight is 267 g/mol. The molecule has 2 rings (SSSR count). The third kappa shape index (κ3) is 3.78. The van der Waals surface area contributed by atoms with Crippen LogP contribution in [0.5, 0.6) is 0 Å². The van der Waals surface area contributed by atoms with Crippen LogP contribution in [-0.2, 0) is 9.53 Å². The van der Waals surface area contributed by atoms with Crippen LogP contribution in [-0.4, -0.2) is 35.9 Å². The van der Waals surface area contributed by atoms with Gasteiger partial charge in [0.2, 0.25) is 11.8 Å². The summed E-state index contributed by atoms with van der Waals surface area (Å²) in [6.45, 7) is 6.48. The molecular weight excluding hydrogens is 246 g/mol. The van der Waals surface area contributed by atoms with Crippen LogP contribution in [0.15, 0.2) is 10.6 Å². The van der Waals surface area contributed by atoms with E-state index in [2.05, 4.69) is 15.8 Å². The lowest BCUT2D eigenvalue weighted by Crippen LogP contribution is -2.47. The van der Waals surface area contributed by atoms with Crippen LogP contribution in [0.3, 0.4) is 0 Å². The Hall–Kier alpha value is -1.40. The standard InChI is InChI=1S/C13H21N3O3/c1-8-7-12(19-16-8)15-13(17)10(3)14-9(2)11-5-4-6-18-11/h7,9-11,14H,4-6H2,1-3H3,(H,15,17)/t9-,10-,11-/m0/s1. The topological polar surface area (TPSA) is 76.4 Å². The fourth-order valence-electron chi connectivity index (χ4n) is 2.23. The van der Waals surface area contributed by atoms with E-state index in [4.69, 9.17) is 9.26 Å². The fraction of sp³-hybridized carbons (Fsp3) is 0.692. The molecule has 0 saturated carbocycles. The van der Waals surface area contributed by atoms with Crippen molar-refractivity contribution in [2.75, 3.05) is 11.9 Å². The van der Waals surface area contributed by atoms with Crippen molar-refractivity contribution in [2.24, 2.45) is 0 Å². The second-order valence-corrected chi connectivity index (χ2v) is 5.05. The number of hydrogen-bond donors (Lipinski definition) is 2. The molecule has 2 heterocycles. The molecular formula is C13H21N3O3. The monoisotopic (exact) mass is 267 g/mol. The quantitative estimate of drug-likeness (QED) is 0.844. The van der Waals surface area contributed by atoms with Crippen LogP contribution in [0.1, 0.15) is 32.4 Å². The minimum absolute atomic E-state index is 0.138. The first-order chi connectivity index (χ1) is 9.06. The highest BCUT2D eigenvalue weighted by Gasteiger charge is 2.25. The zero-order valence-corrected chi connectivity index (χ0v) is 11.6. The molecule has 0 radical (unpaired) electrons. The number of anilines is 1. The normalized spacial score (nSPS) is 22.2. The van der Waals surface area contributed by atoms with Crippen LogP contribution in [0, 0.1) is 6.92 Å². The van der Waals surface area contributed by atoms with Gasteiger partial charge in [0.1, 0.15) is 0 Å². The van der Waals surface area contributed by atoms with Gasteiger partial charge in [0.15, 0.2) is 0 Å². The number of nitrogens with one attached hydrogen (secondary N) is 2. The zero-order chi connectivity index (χ0) is 13.8. The molecule has 3 atom stereocenters. The third-order valence-electron chi connectivity index (χ3n) is 3.30. The predicted octanol–water partition coefficient (Wildman–Crippen LogP) is 1.47. The fourth-order valence-corrected chi connectivity index (χ4v) is 2.23. The van der Waals surface area contributed by atoms with Crippen LogP contribution in [0.4, 0.5) is 5.88 Å². The van der Waals surface area contributed by atoms with Crippen molar-refractivity contribution in [1.82, 2.24) is 10.5 Å². The summed E-state index contributed by atoms with van der Waals surface area (Å²) in [5, 5.41) is 9.66. The van der Waals surface area contributed by atoms with E-state index >= 15 is 0 Å². The van der Waals surface area contributed by atoms with E-state index in [1.165, 1.54) is 0 Å². The average Bonchev–Trinajstić information content (AvgIpc) is 3.00. The lowest BCUT2D eigenvalue weighted by molar-refractivity contribution is -0.118. The lowest BCUT2D eigenvalue weighted by atomic mass is 10.1. The summed E-state index contributed by atoms with van der Waals surface area (Å²) >= 11 is 0. The number of aromatic nitrogens is 1. The molecule has 0 unspecified atom stereocenters. The molecule has 106 valence electrons. The van der Waals surface area contributed by atoms with Gasteiger partial charge >= 0.3 is 0 Å². The van der Waals surface area contributed by atoms with Gasteiger partial charge in [-0.05, 0) is 33.6 Å². The Morgan fingerprint density at radius 3 is 2.89 bits per heavy atom. The van der Waals surface area contributed by atoms with Gasteiger partial charge in [-0.2, -0.15) is 0 Å². The molecule has 1 saturated heterocycles. The van der Waals surface area contributed by atoms with Gasteiger partial charge in [0, 0.05) is 18.7 Å². The number of aryl methyl sites for hydroxylation is 1. The summed E-state index contributed by atoms with van der Waals surface area (Å²) in [5.74, 6) is 0.238. The zero-order valence-electron chi connectivity index (χ0n) is 11.6. The van der Waals surface area contributed by atoms with Gasteiger partial charge in [-0.1, -0.05) is 5.16 Å². The van der Waals surface area contributed by atoms with Crippen molar-refractivity contribution in [3.63, 3.8) is 0 Å². The second kappa shape index (κ2) is 6.16. The number of ether oxygens (including phenoxy) is 1. The van der Waals surface area contributed by atoms with Gasteiger partial charge in [-0.3, -0.25) is 10.1 Å². The van der Waals surface area contributed by atoms with E-state index in [-0.39, 0.29) is 24.1 Å². The van der Waals surface area contributed by atoms with Crippen LogP contribution >= 0.6 is 0 Å². The smallest absolute Gasteiger partial charge is 0.243 e. The minimum atomic E-state index is -0.315. The van der Waals surface area contributed by atoms with E-state index in [0.29, 0.717) is 5.88 Å². The summed E-state index contributed by atoms with van der Waals surface area (Å²) < 4.78 is 10.5. The predicted molar refractivity (Wildman–Crippen MR) is 70.9 cm³/mol. The van der Waals surface area contributed by atoms with Crippen molar-refractivity contribution in [1.29, 1.82) is 0 Å². The van der Waals surface area contributed by atoms with Crippen LogP contribution in [0.25, 0.3) is 0 Å². The molecule has 6 nitrogen and oxygen atoms in total. The summed E-state index contributed by atoms with van der Waals surface area (Å²) in [6, 6.07) is 1.53. The van der Waals surface area contributed by atoms with Crippen molar-refractivity contribution < 1.29 is 14.1 Å². The van der Waals surface area contributed by atoms with Crippen molar-refractivity contribution in [3.8, 4) is 0 Å². The number of carbonyl (C=O) groups excluding carboxylic acids is 1. The Balaban J connectivity index is 1.81. The van der Waals surface area contributed by atoms with Gasteiger partial charge in [0.25, 0.3) is 0 Å². The Kier molecular flexibility index (Phi) is 4.55. The maximum absolute atomic E-state index is 12.0. The summed E-state index contributed by atoms with van der Waals surface area (Å²) in [5.41, 5.74) is 0.739. The van der Waals surface area contributed by atoms with Crippen molar-refractivity contribution in [3.05, 3.63) is 11.8 Å². The first-order valence-electron chi connectivity index (χ1n) is 6.68. The SMILES string of the molecule is Cc1cc(NC(=O)[C@H](C)N[C@@H](C)[C@@H]2CCCO2)on1.